The fraction of sp³-hybridized carbons (Fsp3) is 0.588. The van der Waals surface area contributed by atoms with E-state index in [0.29, 0.717) is 18.5 Å². The molecule has 4 heteroatoms. The van der Waals surface area contributed by atoms with E-state index in [1.54, 1.807) is 0 Å². The number of carbonyl (C=O) groups is 1. The summed E-state index contributed by atoms with van der Waals surface area (Å²) >= 11 is 0. The Labute approximate surface area is 125 Å². The number of hydrogen-bond donors (Lipinski definition) is 2. The van der Waals surface area contributed by atoms with Gasteiger partial charge in [0.25, 0.3) is 0 Å². The largest absolute Gasteiger partial charge is 0.373 e. The van der Waals surface area contributed by atoms with E-state index in [4.69, 9.17) is 0 Å². The van der Waals surface area contributed by atoms with Gasteiger partial charge in [-0.15, -0.1) is 0 Å². The third-order valence-electron chi connectivity index (χ3n) is 4.77. The lowest BCUT2D eigenvalue weighted by Gasteiger charge is -2.44. The van der Waals surface area contributed by atoms with Gasteiger partial charge < -0.3 is 10.6 Å². The Morgan fingerprint density at radius 1 is 1.48 bits per heavy atom. The van der Waals surface area contributed by atoms with Crippen LogP contribution in [0.4, 0.5) is 10.1 Å². The zero-order chi connectivity index (χ0) is 15.2. The predicted octanol–water partition coefficient (Wildman–Crippen LogP) is 3.02. The Bertz CT molecular complexity index is 578. The Balaban J connectivity index is 1.59. The van der Waals surface area contributed by atoms with E-state index in [1.165, 1.54) is 18.9 Å². The molecule has 1 aliphatic heterocycles. The molecule has 114 valence electrons. The quantitative estimate of drug-likeness (QED) is 0.898. The molecule has 1 atom stereocenters. The molecule has 0 saturated heterocycles. The standard InChI is InChI=1S/C17H23FN2O/c1-10-4-13(18)12-6-15(20-14(12)5-10)16(21)19-9-17(3)7-11(2)8-17/h4-5,11,15,20H,6-9H2,1-3H3,(H,19,21). The van der Waals surface area contributed by atoms with Gasteiger partial charge in [0.05, 0.1) is 0 Å². The highest BCUT2D eigenvalue weighted by atomic mass is 19.1. The van der Waals surface area contributed by atoms with Gasteiger partial charge in [0.15, 0.2) is 0 Å². The van der Waals surface area contributed by atoms with Crippen molar-refractivity contribution in [2.75, 3.05) is 11.9 Å². The molecule has 0 radical (unpaired) electrons. The summed E-state index contributed by atoms with van der Waals surface area (Å²) in [5.41, 5.74) is 2.50. The lowest BCUT2D eigenvalue weighted by Crippen LogP contribution is -2.47. The molecule has 3 rings (SSSR count). The molecule has 0 bridgehead atoms. The Hall–Kier alpha value is -1.58. The van der Waals surface area contributed by atoms with Crippen molar-refractivity contribution in [1.29, 1.82) is 0 Å². The molecule has 1 heterocycles. The molecule has 2 aliphatic rings. The summed E-state index contributed by atoms with van der Waals surface area (Å²) in [6.45, 7) is 7.03. The second kappa shape index (κ2) is 5.00. The normalized spacial score (nSPS) is 30.3. The van der Waals surface area contributed by atoms with Crippen LogP contribution < -0.4 is 10.6 Å². The van der Waals surface area contributed by atoms with Crippen molar-refractivity contribution in [3.05, 3.63) is 29.1 Å². The van der Waals surface area contributed by atoms with Crippen LogP contribution in [0.3, 0.4) is 0 Å². The summed E-state index contributed by atoms with van der Waals surface area (Å²) in [7, 11) is 0. The third kappa shape index (κ3) is 2.76. The Morgan fingerprint density at radius 3 is 2.86 bits per heavy atom. The summed E-state index contributed by atoms with van der Waals surface area (Å²) in [6, 6.07) is 3.08. The van der Waals surface area contributed by atoms with Crippen LogP contribution in [-0.4, -0.2) is 18.5 Å². The van der Waals surface area contributed by atoms with Crippen molar-refractivity contribution in [3.63, 3.8) is 0 Å². The number of aryl methyl sites for hydroxylation is 1. The summed E-state index contributed by atoms with van der Waals surface area (Å²) in [4.78, 5) is 12.3. The molecule has 1 amide bonds. The minimum absolute atomic E-state index is 0.0240. The number of benzene rings is 1. The van der Waals surface area contributed by atoms with E-state index >= 15 is 0 Å². The Morgan fingerprint density at radius 2 is 2.19 bits per heavy atom. The van der Waals surface area contributed by atoms with Gasteiger partial charge in [-0.2, -0.15) is 0 Å². The minimum Gasteiger partial charge on any atom is -0.373 e. The van der Waals surface area contributed by atoms with Crippen molar-refractivity contribution in [3.8, 4) is 0 Å². The molecular formula is C17H23FN2O. The van der Waals surface area contributed by atoms with Crippen molar-refractivity contribution in [2.24, 2.45) is 11.3 Å². The Kier molecular flexibility index (Phi) is 3.42. The van der Waals surface area contributed by atoms with Gasteiger partial charge >= 0.3 is 0 Å². The summed E-state index contributed by atoms with van der Waals surface area (Å²) in [5.74, 6) is 0.523. The fourth-order valence-electron chi connectivity index (χ4n) is 3.90. The molecule has 0 aromatic heterocycles. The van der Waals surface area contributed by atoms with Gasteiger partial charge in [-0.3, -0.25) is 4.79 Å². The smallest absolute Gasteiger partial charge is 0.242 e. The van der Waals surface area contributed by atoms with E-state index < -0.39 is 0 Å². The average Bonchev–Trinajstić information content (AvgIpc) is 2.78. The van der Waals surface area contributed by atoms with Crippen molar-refractivity contribution in [1.82, 2.24) is 5.32 Å². The zero-order valence-electron chi connectivity index (χ0n) is 12.9. The van der Waals surface area contributed by atoms with Gasteiger partial charge in [0.2, 0.25) is 5.91 Å². The fourth-order valence-corrected chi connectivity index (χ4v) is 3.90. The topological polar surface area (TPSA) is 41.1 Å². The number of anilines is 1. The third-order valence-corrected chi connectivity index (χ3v) is 4.77. The van der Waals surface area contributed by atoms with E-state index in [2.05, 4.69) is 24.5 Å². The van der Waals surface area contributed by atoms with Crippen LogP contribution in [0.1, 0.15) is 37.8 Å². The summed E-state index contributed by atoms with van der Waals surface area (Å²) in [6.07, 6.45) is 2.76. The average molecular weight is 290 g/mol. The summed E-state index contributed by atoms with van der Waals surface area (Å²) in [5, 5.41) is 6.18. The number of nitrogens with one attached hydrogen (secondary N) is 2. The number of hydrogen-bond acceptors (Lipinski definition) is 2. The molecule has 1 aliphatic carbocycles. The molecule has 0 spiro atoms. The zero-order valence-corrected chi connectivity index (χ0v) is 12.9. The van der Waals surface area contributed by atoms with Crippen LogP contribution in [0, 0.1) is 24.1 Å². The van der Waals surface area contributed by atoms with Crippen LogP contribution in [0.5, 0.6) is 0 Å². The molecule has 1 aromatic rings. The monoisotopic (exact) mass is 290 g/mol. The molecule has 1 aromatic carbocycles. The van der Waals surface area contributed by atoms with Gasteiger partial charge in [-0.1, -0.05) is 13.8 Å². The molecule has 1 saturated carbocycles. The number of amides is 1. The first-order chi connectivity index (χ1) is 9.86. The summed E-state index contributed by atoms with van der Waals surface area (Å²) < 4.78 is 13.9. The number of rotatable bonds is 3. The number of halogens is 1. The van der Waals surface area contributed by atoms with Gasteiger partial charge in [-0.25, -0.2) is 4.39 Å². The van der Waals surface area contributed by atoms with E-state index in [9.17, 15) is 9.18 Å². The second-order valence-electron chi connectivity index (χ2n) is 7.22. The van der Waals surface area contributed by atoms with Crippen LogP contribution in [-0.2, 0) is 11.2 Å². The van der Waals surface area contributed by atoms with E-state index in [1.807, 2.05) is 13.0 Å². The maximum absolute atomic E-state index is 13.9. The first-order valence-corrected chi connectivity index (χ1v) is 7.70. The highest BCUT2D eigenvalue weighted by molar-refractivity contribution is 5.87. The second-order valence-corrected chi connectivity index (χ2v) is 7.22. The molecule has 1 fully saturated rings. The maximum atomic E-state index is 13.9. The predicted molar refractivity (Wildman–Crippen MR) is 81.8 cm³/mol. The van der Waals surface area contributed by atoms with Crippen molar-refractivity contribution in [2.45, 2.75) is 46.1 Å². The maximum Gasteiger partial charge on any atom is 0.242 e. The highest BCUT2D eigenvalue weighted by Crippen LogP contribution is 2.44. The molecule has 21 heavy (non-hydrogen) atoms. The number of fused-ring (bicyclic) bond motifs is 1. The van der Waals surface area contributed by atoms with Gasteiger partial charge in [0.1, 0.15) is 11.9 Å². The SMILES string of the molecule is Cc1cc(F)c2c(c1)NC(C(=O)NCC1(C)CC(C)C1)C2. The first kappa shape index (κ1) is 14.4. The first-order valence-electron chi connectivity index (χ1n) is 7.70. The van der Waals surface area contributed by atoms with Crippen molar-refractivity contribution >= 4 is 11.6 Å². The lowest BCUT2D eigenvalue weighted by atomic mass is 9.64. The molecular weight excluding hydrogens is 267 g/mol. The van der Waals surface area contributed by atoms with Crippen LogP contribution in [0.25, 0.3) is 0 Å². The van der Waals surface area contributed by atoms with Gasteiger partial charge in [-0.05, 0) is 48.8 Å². The molecule has 3 nitrogen and oxygen atoms in total. The highest BCUT2D eigenvalue weighted by Gasteiger charge is 2.38. The minimum atomic E-state index is -0.350. The number of carbonyl (C=O) groups excluding carboxylic acids is 1. The van der Waals surface area contributed by atoms with Crippen LogP contribution in [0.2, 0.25) is 0 Å². The van der Waals surface area contributed by atoms with Crippen LogP contribution >= 0.6 is 0 Å². The van der Waals surface area contributed by atoms with Crippen molar-refractivity contribution < 1.29 is 9.18 Å². The molecule has 1 unspecified atom stereocenters. The van der Waals surface area contributed by atoms with Crippen LogP contribution in [0.15, 0.2) is 12.1 Å². The molecule has 2 N–H and O–H groups in total. The van der Waals surface area contributed by atoms with E-state index in [0.717, 1.165) is 17.2 Å². The van der Waals surface area contributed by atoms with Gasteiger partial charge in [0, 0.05) is 24.2 Å². The lowest BCUT2D eigenvalue weighted by molar-refractivity contribution is -0.122. The van der Waals surface area contributed by atoms with E-state index in [-0.39, 0.29) is 23.2 Å².